The van der Waals surface area contributed by atoms with E-state index in [2.05, 4.69) is 15.8 Å². The van der Waals surface area contributed by atoms with Crippen LogP contribution in [-0.2, 0) is 4.79 Å². The molecule has 0 aromatic heterocycles. The molecule has 6 nitrogen and oxygen atoms in total. The van der Waals surface area contributed by atoms with E-state index in [1.165, 1.54) is 19.4 Å². The van der Waals surface area contributed by atoms with Gasteiger partial charge < -0.3 is 15.2 Å². The van der Waals surface area contributed by atoms with E-state index in [1.807, 2.05) is 42.5 Å². The van der Waals surface area contributed by atoms with Crippen molar-refractivity contribution >= 4 is 28.6 Å². The summed E-state index contributed by atoms with van der Waals surface area (Å²) in [5.41, 5.74) is 3.81. The summed E-state index contributed by atoms with van der Waals surface area (Å²) in [7, 11) is 1.54. The highest BCUT2D eigenvalue weighted by Gasteiger charge is 2.13. The molecule has 1 amide bonds. The van der Waals surface area contributed by atoms with E-state index < -0.39 is 6.04 Å². The van der Waals surface area contributed by atoms with Crippen molar-refractivity contribution in [3.63, 3.8) is 0 Å². The Kier molecular flexibility index (Phi) is 5.56. The fourth-order valence-corrected chi connectivity index (χ4v) is 2.68. The third-order valence-corrected chi connectivity index (χ3v) is 4.17. The van der Waals surface area contributed by atoms with Crippen LogP contribution in [0.4, 0.5) is 5.69 Å². The smallest absolute Gasteiger partial charge is 0.262 e. The molecule has 0 bridgehead atoms. The number of aromatic hydroxyl groups is 1. The molecule has 138 valence electrons. The second-order valence-corrected chi connectivity index (χ2v) is 6.05. The zero-order valence-electron chi connectivity index (χ0n) is 15.1. The number of ether oxygens (including phenoxy) is 1. The standard InChI is InChI=1S/C21H21N3O3/c1-14(23-19-9-5-7-15-6-3-4-8-18(15)19)21(26)24-22-13-16-12-17(27-2)10-11-20(16)25/h3-14,23,25H,1-2H3,(H,24,26)/b22-13+/t14-/m0/s1. The maximum absolute atomic E-state index is 12.3. The lowest BCUT2D eigenvalue weighted by atomic mass is 10.1. The van der Waals surface area contributed by atoms with Crippen LogP contribution < -0.4 is 15.5 Å². The minimum atomic E-state index is -0.494. The zero-order chi connectivity index (χ0) is 19.2. The van der Waals surface area contributed by atoms with E-state index in [4.69, 9.17) is 4.74 Å². The number of hydrogen-bond donors (Lipinski definition) is 3. The average Bonchev–Trinajstić information content (AvgIpc) is 2.69. The summed E-state index contributed by atoms with van der Waals surface area (Å²) < 4.78 is 5.11. The van der Waals surface area contributed by atoms with E-state index in [1.54, 1.807) is 19.1 Å². The predicted molar refractivity (Wildman–Crippen MR) is 107 cm³/mol. The first-order valence-corrected chi connectivity index (χ1v) is 8.52. The summed E-state index contributed by atoms with van der Waals surface area (Å²) in [6.07, 6.45) is 1.38. The van der Waals surface area contributed by atoms with Gasteiger partial charge in [-0.2, -0.15) is 5.10 Å². The average molecular weight is 363 g/mol. The highest BCUT2D eigenvalue weighted by Crippen LogP contribution is 2.23. The molecule has 0 aliphatic heterocycles. The number of amides is 1. The number of rotatable bonds is 6. The lowest BCUT2D eigenvalue weighted by molar-refractivity contribution is -0.121. The molecule has 3 rings (SSSR count). The van der Waals surface area contributed by atoms with E-state index in [0.717, 1.165) is 16.5 Å². The molecule has 3 aromatic carbocycles. The van der Waals surface area contributed by atoms with Crippen LogP contribution in [0.25, 0.3) is 10.8 Å². The predicted octanol–water partition coefficient (Wildman–Crippen LogP) is 3.50. The SMILES string of the molecule is COc1ccc(O)c(/C=N/NC(=O)[C@H](C)Nc2cccc3ccccc23)c1. The van der Waals surface area contributed by atoms with Gasteiger partial charge in [0.1, 0.15) is 17.5 Å². The number of hydrazone groups is 1. The van der Waals surface area contributed by atoms with Gasteiger partial charge in [0, 0.05) is 16.6 Å². The second-order valence-electron chi connectivity index (χ2n) is 6.05. The van der Waals surface area contributed by atoms with Gasteiger partial charge in [-0.1, -0.05) is 36.4 Å². The van der Waals surface area contributed by atoms with Gasteiger partial charge >= 0.3 is 0 Å². The van der Waals surface area contributed by atoms with Gasteiger partial charge in [0.15, 0.2) is 0 Å². The fourth-order valence-electron chi connectivity index (χ4n) is 2.68. The number of nitrogens with zero attached hydrogens (tertiary/aromatic N) is 1. The van der Waals surface area contributed by atoms with Crippen LogP contribution in [0.3, 0.4) is 0 Å². The largest absolute Gasteiger partial charge is 0.507 e. The van der Waals surface area contributed by atoms with Crippen molar-refractivity contribution in [3.05, 3.63) is 66.2 Å². The van der Waals surface area contributed by atoms with Crippen LogP contribution in [-0.4, -0.2) is 30.4 Å². The molecule has 0 heterocycles. The molecule has 0 aliphatic carbocycles. The highest BCUT2D eigenvalue weighted by atomic mass is 16.5. The van der Waals surface area contributed by atoms with Crippen molar-refractivity contribution in [1.29, 1.82) is 0 Å². The quantitative estimate of drug-likeness (QED) is 0.462. The van der Waals surface area contributed by atoms with Crippen LogP contribution >= 0.6 is 0 Å². The third-order valence-electron chi connectivity index (χ3n) is 4.17. The minimum absolute atomic E-state index is 0.0516. The van der Waals surface area contributed by atoms with Crippen molar-refractivity contribution in [2.75, 3.05) is 12.4 Å². The van der Waals surface area contributed by atoms with Gasteiger partial charge in [0.05, 0.1) is 13.3 Å². The first-order chi connectivity index (χ1) is 13.1. The van der Waals surface area contributed by atoms with Gasteiger partial charge in [-0.15, -0.1) is 0 Å². The molecule has 0 radical (unpaired) electrons. The summed E-state index contributed by atoms with van der Waals surface area (Å²) in [4.78, 5) is 12.3. The number of phenols is 1. The Labute approximate surface area is 157 Å². The molecule has 1 atom stereocenters. The Morgan fingerprint density at radius 2 is 1.93 bits per heavy atom. The van der Waals surface area contributed by atoms with Crippen LogP contribution in [0.5, 0.6) is 11.5 Å². The number of carbonyl (C=O) groups excluding carboxylic acids is 1. The maximum atomic E-state index is 12.3. The Hall–Kier alpha value is -3.54. The Morgan fingerprint density at radius 1 is 1.15 bits per heavy atom. The monoisotopic (exact) mass is 363 g/mol. The van der Waals surface area contributed by atoms with Crippen LogP contribution in [0.15, 0.2) is 65.8 Å². The molecule has 3 N–H and O–H groups in total. The summed E-state index contributed by atoms with van der Waals surface area (Å²) in [5, 5.41) is 19.1. The topological polar surface area (TPSA) is 83.0 Å². The molecule has 0 spiro atoms. The van der Waals surface area contributed by atoms with Crippen LogP contribution in [0.1, 0.15) is 12.5 Å². The van der Waals surface area contributed by atoms with Gasteiger partial charge in [-0.3, -0.25) is 4.79 Å². The molecular formula is C21H21N3O3. The molecule has 0 saturated heterocycles. The Bertz CT molecular complexity index is 980. The summed E-state index contributed by atoms with van der Waals surface area (Å²) in [6, 6.07) is 18.2. The molecule has 0 saturated carbocycles. The lowest BCUT2D eigenvalue weighted by Gasteiger charge is -2.15. The van der Waals surface area contributed by atoms with Gasteiger partial charge in [0.2, 0.25) is 0 Å². The third kappa shape index (κ3) is 4.36. The first-order valence-electron chi connectivity index (χ1n) is 8.52. The number of nitrogens with one attached hydrogen (secondary N) is 2. The number of phenolic OH excluding ortho intramolecular Hbond substituents is 1. The molecule has 3 aromatic rings. The summed E-state index contributed by atoms with van der Waals surface area (Å²) in [5.74, 6) is 0.351. The number of methoxy groups -OCH3 is 1. The summed E-state index contributed by atoms with van der Waals surface area (Å²) >= 11 is 0. The second kappa shape index (κ2) is 8.23. The number of anilines is 1. The van der Waals surface area contributed by atoms with Crippen molar-refractivity contribution in [1.82, 2.24) is 5.43 Å². The maximum Gasteiger partial charge on any atom is 0.262 e. The van der Waals surface area contributed by atoms with E-state index in [0.29, 0.717) is 11.3 Å². The molecular weight excluding hydrogens is 342 g/mol. The molecule has 0 aliphatic rings. The first kappa shape index (κ1) is 18.3. The molecule has 0 unspecified atom stereocenters. The van der Waals surface area contributed by atoms with Crippen molar-refractivity contribution in [2.24, 2.45) is 5.10 Å². The van der Waals surface area contributed by atoms with Crippen molar-refractivity contribution in [2.45, 2.75) is 13.0 Å². The van der Waals surface area contributed by atoms with Crippen molar-refractivity contribution < 1.29 is 14.6 Å². The molecule has 0 fully saturated rings. The van der Waals surface area contributed by atoms with E-state index in [9.17, 15) is 9.90 Å². The number of fused-ring (bicyclic) bond motifs is 1. The normalized spacial score (nSPS) is 12.1. The Morgan fingerprint density at radius 3 is 2.74 bits per heavy atom. The van der Waals surface area contributed by atoms with E-state index in [-0.39, 0.29) is 11.7 Å². The number of benzene rings is 3. The highest BCUT2D eigenvalue weighted by molar-refractivity contribution is 5.96. The zero-order valence-corrected chi connectivity index (χ0v) is 15.1. The molecule has 6 heteroatoms. The van der Waals surface area contributed by atoms with Crippen molar-refractivity contribution in [3.8, 4) is 11.5 Å². The van der Waals surface area contributed by atoms with E-state index >= 15 is 0 Å². The minimum Gasteiger partial charge on any atom is -0.507 e. The number of hydrogen-bond acceptors (Lipinski definition) is 5. The van der Waals surface area contributed by atoms with Gasteiger partial charge in [0.25, 0.3) is 5.91 Å². The van der Waals surface area contributed by atoms with Crippen LogP contribution in [0.2, 0.25) is 0 Å². The Balaban J connectivity index is 1.66. The lowest BCUT2D eigenvalue weighted by Crippen LogP contribution is -2.34. The molecule has 27 heavy (non-hydrogen) atoms. The fraction of sp³-hybridized carbons (Fsp3) is 0.143. The summed E-state index contributed by atoms with van der Waals surface area (Å²) in [6.45, 7) is 1.76. The van der Waals surface area contributed by atoms with Gasteiger partial charge in [-0.05, 0) is 36.6 Å². The van der Waals surface area contributed by atoms with Crippen LogP contribution in [0, 0.1) is 0 Å². The van der Waals surface area contributed by atoms with Gasteiger partial charge in [-0.25, -0.2) is 5.43 Å². The number of carbonyl (C=O) groups is 1.